The van der Waals surface area contributed by atoms with Crippen LogP contribution < -0.4 is 5.73 Å². The van der Waals surface area contributed by atoms with Crippen molar-refractivity contribution >= 4 is 0 Å². The van der Waals surface area contributed by atoms with Crippen molar-refractivity contribution < 1.29 is 0 Å². The van der Waals surface area contributed by atoms with E-state index in [0.717, 1.165) is 18.4 Å². The van der Waals surface area contributed by atoms with Crippen LogP contribution in [0.2, 0.25) is 0 Å². The lowest BCUT2D eigenvalue weighted by atomic mass is 9.86. The Labute approximate surface area is 90.5 Å². The topological polar surface area (TPSA) is 26.0 Å². The van der Waals surface area contributed by atoms with Crippen LogP contribution in [0.1, 0.15) is 65.7 Å². The molecule has 0 aliphatic carbocycles. The maximum atomic E-state index is 5.79. The van der Waals surface area contributed by atoms with Crippen LogP contribution in [-0.2, 0) is 0 Å². The zero-order valence-corrected chi connectivity index (χ0v) is 10.4. The molecule has 2 atom stereocenters. The molecule has 1 heteroatoms. The fourth-order valence-corrected chi connectivity index (χ4v) is 2.19. The highest BCUT2D eigenvalue weighted by Gasteiger charge is 2.12. The third kappa shape index (κ3) is 6.42. The van der Waals surface area contributed by atoms with Gasteiger partial charge >= 0.3 is 0 Å². The van der Waals surface area contributed by atoms with Gasteiger partial charge in [0.05, 0.1) is 0 Å². The third-order valence-corrected chi connectivity index (χ3v) is 3.24. The highest BCUT2D eigenvalue weighted by Crippen LogP contribution is 2.23. The van der Waals surface area contributed by atoms with Gasteiger partial charge in [-0.2, -0.15) is 0 Å². The molecule has 86 valence electrons. The molecule has 0 spiro atoms. The molecule has 2 unspecified atom stereocenters. The van der Waals surface area contributed by atoms with Gasteiger partial charge in [0.2, 0.25) is 0 Å². The number of hydrogen-bond donors (Lipinski definition) is 1. The monoisotopic (exact) mass is 199 g/mol. The maximum absolute atomic E-state index is 5.79. The Balaban J connectivity index is 3.75. The smallest absolute Gasteiger partial charge is 0.00488 e. The molecule has 0 aromatic rings. The van der Waals surface area contributed by atoms with Crippen molar-refractivity contribution in [3.8, 4) is 0 Å². The summed E-state index contributed by atoms with van der Waals surface area (Å²) >= 11 is 0. The molecule has 0 heterocycles. The number of hydrogen-bond acceptors (Lipinski definition) is 1. The summed E-state index contributed by atoms with van der Waals surface area (Å²) in [5.74, 6) is 1.71. The summed E-state index contributed by atoms with van der Waals surface area (Å²) in [6, 6.07) is 0. The van der Waals surface area contributed by atoms with E-state index in [1.807, 2.05) is 0 Å². The van der Waals surface area contributed by atoms with Gasteiger partial charge in [0.25, 0.3) is 0 Å². The number of nitrogens with two attached hydrogens (primary N) is 1. The zero-order valence-electron chi connectivity index (χ0n) is 10.4. The van der Waals surface area contributed by atoms with Crippen molar-refractivity contribution in [3.05, 3.63) is 0 Å². The fraction of sp³-hybridized carbons (Fsp3) is 1.00. The Morgan fingerprint density at radius 2 is 1.64 bits per heavy atom. The van der Waals surface area contributed by atoms with E-state index in [1.165, 1.54) is 44.9 Å². The standard InChI is InChI=1S/C13H29N/c1-4-7-9-12(6-3)10-13(11-14)8-5-2/h12-13H,4-11,14H2,1-3H3. The molecular weight excluding hydrogens is 170 g/mol. The van der Waals surface area contributed by atoms with Crippen molar-refractivity contribution in [2.75, 3.05) is 6.54 Å². The van der Waals surface area contributed by atoms with Crippen molar-refractivity contribution in [3.63, 3.8) is 0 Å². The van der Waals surface area contributed by atoms with E-state index in [2.05, 4.69) is 20.8 Å². The third-order valence-electron chi connectivity index (χ3n) is 3.24. The van der Waals surface area contributed by atoms with Crippen molar-refractivity contribution in [1.82, 2.24) is 0 Å². The quantitative estimate of drug-likeness (QED) is 0.597. The lowest BCUT2D eigenvalue weighted by Crippen LogP contribution is -2.18. The van der Waals surface area contributed by atoms with Crippen LogP contribution in [-0.4, -0.2) is 6.54 Å². The summed E-state index contributed by atoms with van der Waals surface area (Å²) in [6.07, 6.45) is 9.43. The Morgan fingerprint density at radius 3 is 2.07 bits per heavy atom. The SMILES string of the molecule is CCCCC(CC)CC(CN)CCC. The second-order valence-corrected chi connectivity index (χ2v) is 4.54. The maximum Gasteiger partial charge on any atom is -0.00488 e. The van der Waals surface area contributed by atoms with Gasteiger partial charge in [-0.15, -0.1) is 0 Å². The fourth-order valence-electron chi connectivity index (χ4n) is 2.19. The Hall–Kier alpha value is -0.0400. The van der Waals surface area contributed by atoms with Gasteiger partial charge in [0, 0.05) is 0 Å². The van der Waals surface area contributed by atoms with E-state index in [-0.39, 0.29) is 0 Å². The summed E-state index contributed by atoms with van der Waals surface area (Å²) in [6.45, 7) is 7.74. The molecule has 0 aromatic heterocycles. The average Bonchev–Trinajstić information content (AvgIpc) is 2.22. The minimum absolute atomic E-state index is 0.779. The highest BCUT2D eigenvalue weighted by atomic mass is 14.5. The summed E-state index contributed by atoms with van der Waals surface area (Å²) < 4.78 is 0. The molecule has 0 amide bonds. The molecule has 0 rings (SSSR count). The van der Waals surface area contributed by atoms with E-state index in [9.17, 15) is 0 Å². The molecule has 0 saturated carbocycles. The first-order valence-corrected chi connectivity index (χ1v) is 6.48. The second kappa shape index (κ2) is 9.51. The molecule has 14 heavy (non-hydrogen) atoms. The van der Waals surface area contributed by atoms with Crippen LogP contribution in [0.3, 0.4) is 0 Å². The Morgan fingerprint density at radius 1 is 0.929 bits per heavy atom. The van der Waals surface area contributed by atoms with E-state index >= 15 is 0 Å². The zero-order chi connectivity index (χ0) is 10.8. The predicted molar refractivity (Wildman–Crippen MR) is 65.4 cm³/mol. The first-order chi connectivity index (χ1) is 6.78. The number of rotatable bonds is 9. The van der Waals surface area contributed by atoms with Crippen LogP contribution in [0.4, 0.5) is 0 Å². The Bertz CT molecular complexity index is 112. The Kier molecular flexibility index (Phi) is 9.49. The van der Waals surface area contributed by atoms with Crippen LogP contribution >= 0.6 is 0 Å². The van der Waals surface area contributed by atoms with Gasteiger partial charge in [-0.05, 0) is 31.2 Å². The van der Waals surface area contributed by atoms with Crippen molar-refractivity contribution in [2.24, 2.45) is 17.6 Å². The molecule has 0 radical (unpaired) electrons. The molecule has 0 saturated heterocycles. The normalized spacial score (nSPS) is 15.4. The molecule has 0 aliphatic heterocycles. The van der Waals surface area contributed by atoms with Gasteiger partial charge in [0.15, 0.2) is 0 Å². The first kappa shape index (κ1) is 14.0. The minimum atomic E-state index is 0.779. The number of unbranched alkanes of at least 4 members (excludes halogenated alkanes) is 1. The average molecular weight is 199 g/mol. The van der Waals surface area contributed by atoms with Gasteiger partial charge in [-0.3, -0.25) is 0 Å². The minimum Gasteiger partial charge on any atom is -0.330 e. The van der Waals surface area contributed by atoms with E-state index in [1.54, 1.807) is 0 Å². The van der Waals surface area contributed by atoms with E-state index in [0.29, 0.717) is 0 Å². The van der Waals surface area contributed by atoms with E-state index in [4.69, 9.17) is 5.73 Å². The summed E-state index contributed by atoms with van der Waals surface area (Å²) in [5, 5.41) is 0. The summed E-state index contributed by atoms with van der Waals surface area (Å²) in [5.41, 5.74) is 5.79. The predicted octanol–water partition coefficient (Wildman–Crippen LogP) is 3.97. The molecule has 0 fully saturated rings. The molecular formula is C13H29N. The van der Waals surface area contributed by atoms with Gasteiger partial charge in [-0.1, -0.05) is 52.9 Å². The van der Waals surface area contributed by atoms with Crippen molar-refractivity contribution in [2.45, 2.75) is 65.7 Å². The van der Waals surface area contributed by atoms with E-state index < -0.39 is 0 Å². The van der Waals surface area contributed by atoms with Crippen LogP contribution in [0.25, 0.3) is 0 Å². The van der Waals surface area contributed by atoms with Crippen LogP contribution in [0.15, 0.2) is 0 Å². The summed E-state index contributed by atoms with van der Waals surface area (Å²) in [4.78, 5) is 0. The molecule has 1 nitrogen and oxygen atoms in total. The lowest BCUT2D eigenvalue weighted by molar-refractivity contribution is 0.326. The molecule has 0 bridgehead atoms. The molecule has 2 N–H and O–H groups in total. The highest BCUT2D eigenvalue weighted by molar-refractivity contribution is 4.66. The van der Waals surface area contributed by atoms with Gasteiger partial charge in [-0.25, -0.2) is 0 Å². The summed E-state index contributed by atoms with van der Waals surface area (Å²) in [7, 11) is 0. The van der Waals surface area contributed by atoms with Gasteiger partial charge in [0.1, 0.15) is 0 Å². The second-order valence-electron chi connectivity index (χ2n) is 4.54. The largest absolute Gasteiger partial charge is 0.330 e. The lowest BCUT2D eigenvalue weighted by Gasteiger charge is -2.21. The van der Waals surface area contributed by atoms with Crippen molar-refractivity contribution in [1.29, 1.82) is 0 Å². The molecule has 0 aliphatic rings. The van der Waals surface area contributed by atoms with Crippen LogP contribution in [0, 0.1) is 11.8 Å². The first-order valence-electron chi connectivity index (χ1n) is 6.48. The van der Waals surface area contributed by atoms with Gasteiger partial charge < -0.3 is 5.73 Å². The van der Waals surface area contributed by atoms with Crippen LogP contribution in [0.5, 0.6) is 0 Å². The molecule has 0 aromatic carbocycles.